The second kappa shape index (κ2) is 6.88. The summed E-state index contributed by atoms with van der Waals surface area (Å²) >= 11 is 3.34. The van der Waals surface area contributed by atoms with E-state index in [1.165, 1.54) is 6.42 Å². The molecule has 0 saturated heterocycles. The van der Waals surface area contributed by atoms with Crippen molar-refractivity contribution in [1.29, 1.82) is 0 Å². The number of amides is 2. The van der Waals surface area contributed by atoms with E-state index in [-0.39, 0.29) is 6.04 Å². The third-order valence-electron chi connectivity index (χ3n) is 3.76. The van der Waals surface area contributed by atoms with Gasteiger partial charge in [-0.1, -0.05) is 31.9 Å². The minimum atomic E-state index is -0.616. The van der Waals surface area contributed by atoms with Gasteiger partial charge in [0.1, 0.15) is 0 Å². The quantitative estimate of drug-likeness (QED) is 0.814. The van der Waals surface area contributed by atoms with Gasteiger partial charge in [0.25, 0.3) is 0 Å². The predicted octanol–water partition coefficient (Wildman–Crippen LogP) is 3.08. The molecule has 1 aliphatic rings. The third kappa shape index (κ3) is 3.82. The van der Waals surface area contributed by atoms with Gasteiger partial charge >= 0.3 is 11.8 Å². The predicted molar refractivity (Wildman–Crippen MR) is 82.3 cm³/mol. The Labute approximate surface area is 127 Å². The summed E-state index contributed by atoms with van der Waals surface area (Å²) in [5.41, 5.74) is 0.601. The van der Waals surface area contributed by atoms with Gasteiger partial charge in [0.2, 0.25) is 0 Å². The summed E-state index contributed by atoms with van der Waals surface area (Å²) in [7, 11) is 0. The van der Waals surface area contributed by atoms with Crippen molar-refractivity contribution in [3.8, 4) is 0 Å². The fourth-order valence-electron chi connectivity index (χ4n) is 2.51. The van der Waals surface area contributed by atoms with Gasteiger partial charge in [-0.3, -0.25) is 9.59 Å². The van der Waals surface area contributed by atoms with Crippen molar-refractivity contribution in [1.82, 2.24) is 5.32 Å². The molecule has 0 spiro atoms. The van der Waals surface area contributed by atoms with Crippen LogP contribution < -0.4 is 10.6 Å². The van der Waals surface area contributed by atoms with Crippen molar-refractivity contribution in [3.05, 3.63) is 28.7 Å². The topological polar surface area (TPSA) is 58.2 Å². The molecule has 5 heteroatoms. The Bertz CT molecular complexity index is 504. The van der Waals surface area contributed by atoms with Crippen LogP contribution in [0, 0.1) is 5.92 Å². The molecule has 1 saturated carbocycles. The van der Waals surface area contributed by atoms with Gasteiger partial charge in [-0.2, -0.15) is 0 Å². The van der Waals surface area contributed by atoms with Crippen LogP contribution in [0.1, 0.15) is 32.6 Å². The molecule has 1 aromatic rings. The van der Waals surface area contributed by atoms with Gasteiger partial charge in [0, 0.05) is 10.5 Å². The molecule has 1 fully saturated rings. The minimum Gasteiger partial charge on any atom is -0.345 e. The van der Waals surface area contributed by atoms with Crippen molar-refractivity contribution >= 4 is 33.4 Å². The Balaban J connectivity index is 1.92. The molecule has 2 amide bonds. The van der Waals surface area contributed by atoms with E-state index >= 15 is 0 Å². The van der Waals surface area contributed by atoms with Gasteiger partial charge < -0.3 is 10.6 Å². The lowest BCUT2D eigenvalue weighted by Crippen LogP contribution is -2.45. The van der Waals surface area contributed by atoms with Crippen LogP contribution in [0.2, 0.25) is 0 Å². The van der Waals surface area contributed by atoms with Gasteiger partial charge in [0.15, 0.2) is 0 Å². The Morgan fingerprint density at radius 1 is 1.15 bits per heavy atom. The maximum atomic E-state index is 11.9. The molecular weight excluding hydrogens is 320 g/mol. The Morgan fingerprint density at radius 2 is 1.85 bits per heavy atom. The lowest BCUT2D eigenvalue weighted by molar-refractivity contribution is -0.137. The molecule has 0 heterocycles. The normalized spacial score (nSPS) is 22.1. The summed E-state index contributed by atoms with van der Waals surface area (Å²) in [6.07, 6.45) is 4.38. The van der Waals surface area contributed by atoms with Crippen LogP contribution >= 0.6 is 15.9 Å². The van der Waals surface area contributed by atoms with E-state index in [1.54, 1.807) is 6.07 Å². The molecule has 2 rings (SSSR count). The van der Waals surface area contributed by atoms with Crippen LogP contribution in [0.15, 0.2) is 28.7 Å². The summed E-state index contributed by atoms with van der Waals surface area (Å²) in [5.74, 6) is -0.738. The van der Waals surface area contributed by atoms with Crippen molar-refractivity contribution in [2.24, 2.45) is 5.92 Å². The molecule has 1 aromatic carbocycles. The largest absolute Gasteiger partial charge is 0.345 e. The number of carbonyl (C=O) groups excluding carboxylic acids is 2. The fourth-order valence-corrected chi connectivity index (χ4v) is 2.89. The number of nitrogens with one attached hydrogen (secondary N) is 2. The van der Waals surface area contributed by atoms with Crippen molar-refractivity contribution in [2.75, 3.05) is 5.32 Å². The van der Waals surface area contributed by atoms with Crippen molar-refractivity contribution < 1.29 is 9.59 Å². The van der Waals surface area contributed by atoms with E-state index in [0.29, 0.717) is 11.6 Å². The lowest BCUT2D eigenvalue weighted by atomic mass is 9.86. The second-order valence-electron chi connectivity index (χ2n) is 5.28. The zero-order chi connectivity index (χ0) is 14.5. The average molecular weight is 339 g/mol. The molecule has 0 radical (unpaired) electrons. The Kier molecular flexibility index (Phi) is 5.17. The summed E-state index contributed by atoms with van der Waals surface area (Å²) in [4.78, 5) is 23.8. The zero-order valence-electron chi connectivity index (χ0n) is 11.5. The smallest absolute Gasteiger partial charge is 0.313 e. The fraction of sp³-hybridized carbons (Fsp3) is 0.467. The highest BCUT2D eigenvalue weighted by Crippen LogP contribution is 2.24. The van der Waals surface area contributed by atoms with Crippen LogP contribution in [0.5, 0.6) is 0 Å². The van der Waals surface area contributed by atoms with Crippen LogP contribution in [-0.2, 0) is 9.59 Å². The second-order valence-corrected chi connectivity index (χ2v) is 6.13. The van der Waals surface area contributed by atoms with E-state index in [1.807, 2.05) is 18.2 Å². The first-order chi connectivity index (χ1) is 9.58. The van der Waals surface area contributed by atoms with Crippen LogP contribution in [0.3, 0.4) is 0 Å². The molecule has 1 aliphatic carbocycles. The highest BCUT2D eigenvalue weighted by Gasteiger charge is 2.25. The summed E-state index contributed by atoms with van der Waals surface area (Å²) in [6.45, 7) is 2.12. The molecule has 108 valence electrons. The molecule has 2 N–H and O–H groups in total. The minimum absolute atomic E-state index is 0.112. The highest BCUT2D eigenvalue weighted by molar-refractivity contribution is 9.10. The van der Waals surface area contributed by atoms with E-state index in [4.69, 9.17) is 0 Å². The van der Waals surface area contributed by atoms with Crippen LogP contribution in [0.4, 0.5) is 5.69 Å². The van der Waals surface area contributed by atoms with Gasteiger partial charge in [-0.05, 0) is 46.8 Å². The standard InChI is InChI=1S/C15H19BrN2O2/c1-10-6-2-4-8-12(10)17-14(19)15(20)18-13-9-5-3-7-11(13)16/h3,5,7,9-10,12H,2,4,6,8H2,1H3,(H,17,19)(H,18,20)/t10-,12+/m1/s1. The number of rotatable bonds is 2. The first-order valence-corrected chi connectivity index (χ1v) is 7.73. The third-order valence-corrected chi connectivity index (χ3v) is 4.45. The van der Waals surface area contributed by atoms with E-state index in [9.17, 15) is 9.59 Å². The zero-order valence-corrected chi connectivity index (χ0v) is 13.1. The number of carbonyl (C=O) groups is 2. The summed E-state index contributed by atoms with van der Waals surface area (Å²) in [5, 5.41) is 5.46. The summed E-state index contributed by atoms with van der Waals surface area (Å²) in [6, 6.07) is 7.33. The molecule has 2 atom stereocenters. The monoisotopic (exact) mass is 338 g/mol. The number of halogens is 1. The molecule has 20 heavy (non-hydrogen) atoms. The van der Waals surface area contributed by atoms with Crippen LogP contribution in [-0.4, -0.2) is 17.9 Å². The SMILES string of the molecule is C[C@@H]1CCCC[C@@H]1NC(=O)C(=O)Nc1ccccc1Br. The highest BCUT2D eigenvalue weighted by atomic mass is 79.9. The number of para-hydroxylation sites is 1. The van der Waals surface area contributed by atoms with Gasteiger partial charge in [0.05, 0.1) is 5.69 Å². The number of anilines is 1. The average Bonchev–Trinajstić information content (AvgIpc) is 2.43. The van der Waals surface area contributed by atoms with Crippen molar-refractivity contribution in [2.45, 2.75) is 38.6 Å². The number of hydrogen-bond donors (Lipinski definition) is 2. The molecule has 4 nitrogen and oxygen atoms in total. The molecular formula is C15H19BrN2O2. The molecule has 0 aromatic heterocycles. The Hall–Kier alpha value is -1.36. The van der Waals surface area contributed by atoms with Crippen molar-refractivity contribution in [3.63, 3.8) is 0 Å². The van der Waals surface area contributed by atoms with E-state index in [2.05, 4.69) is 33.5 Å². The van der Waals surface area contributed by atoms with Crippen LogP contribution in [0.25, 0.3) is 0 Å². The summed E-state index contributed by atoms with van der Waals surface area (Å²) < 4.78 is 0.757. The van der Waals surface area contributed by atoms with Gasteiger partial charge in [-0.25, -0.2) is 0 Å². The Morgan fingerprint density at radius 3 is 2.55 bits per heavy atom. The first kappa shape index (κ1) is 15.0. The number of hydrogen-bond acceptors (Lipinski definition) is 2. The maximum Gasteiger partial charge on any atom is 0.313 e. The van der Waals surface area contributed by atoms with Gasteiger partial charge in [-0.15, -0.1) is 0 Å². The maximum absolute atomic E-state index is 11.9. The van der Waals surface area contributed by atoms with E-state index in [0.717, 1.165) is 23.7 Å². The molecule has 0 unspecified atom stereocenters. The number of benzene rings is 1. The lowest BCUT2D eigenvalue weighted by Gasteiger charge is -2.29. The molecule has 0 bridgehead atoms. The molecule has 0 aliphatic heterocycles. The van der Waals surface area contributed by atoms with E-state index < -0.39 is 11.8 Å². The first-order valence-electron chi connectivity index (χ1n) is 6.94.